The summed E-state index contributed by atoms with van der Waals surface area (Å²) < 4.78 is 5.09. The van der Waals surface area contributed by atoms with Gasteiger partial charge in [-0.3, -0.25) is 0 Å². The highest BCUT2D eigenvalue weighted by Gasteiger charge is 1.59. The Morgan fingerprint density at radius 3 is 1.65 bits per heavy atom. The minimum absolute atomic E-state index is 1.48. The van der Waals surface area contributed by atoms with Gasteiger partial charge in [0.1, 0.15) is 6.33 Å². The van der Waals surface area contributed by atoms with Gasteiger partial charge < -0.3 is 4.42 Å². The normalized spacial score (nSPS) is 8.00. The Kier molecular flexibility index (Phi) is 7.52. The van der Waals surface area contributed by atoms with Crippen molar-refractivity contribution in [3.8, 4) is 0 Å². The van der Waals surface area contributed by atoms with E-state index in [0.717, 1.165) is 0 Å². The Morgan fingerprint density at radius 2 is 1.00 bits per heavy atom. The molecule has 0 saturated carbocycles. The SMILES string of the molecule is c1ccccocccccncnccc1. The maximum absolute atomic E-state index is 5.09. The molecule has 0 unspecified atom stereocenters. The van der Waals surface area contributed by atoms with Crippen LogP contribution in [0.25, 0.3) is 0 Å². The first-order chi connectivity index (χ1) is 8.50. The third kappa shape index (κ3) is 8.57. The molecule has 1 rings (SSSR count). The highest BCUT2D eigenvalue weighted by Crippen LogP contribution is 1.78. The van der Waals surface area contributed by atoms with Crippen molar-refractivity contribution >= 4 is 0 Å². The fraction of sp³-hybridized carbons (Fsp3) is 0. The van der Waals surface area contributed by atoms with Crippen molar-refractivity contribution in [1.29, 1.82) is 0 Å². The molecule has 0 fully saturated rings. The second kappa shape index (κ2) is 10.1. The molecule has 3 heteroatoms. The number of aromatic nitrogens is 2. The van der Waals surface area contributed by atoms with Gasteiger partial charge >= 0.3 is 0 Å². The Morgan fingerprint density at radius 1 is 0.529 bits per heavy atom. The molecule has 0 bridgehead atoms. The molecule has 0 spiro atoms. The van der Waals surface area contributed by atoms with Crippen molar-refractivity contribution in [3.63, 3.8) is 0 Å². The molecular weight excluding hydrogens is 212 g/mol. The van der Waals surface area contributed by atoms with Crippen molar-refractivity contribution < 1.29 is 4.42 Å². The van der Waals surface area contributed by atoms with E-state index in [1.807, 2.05) is 36.4 Å². The van der Waals surface area contributed by atoms with Crippen LogP contribution in [0, 0.1) is 0 Å². The summed E-state index contributed by atoms with van der Waals surface area (Å²) in [4.78, 5) is 7.89. The molecule has 1 aromatic rings. The highest BCUT2D eigenvalue weighted by molar-refractivity contribution is 4.91. The van der Waals surface area contributed by atoms with Gasteiger partial charge in [0.15, 0.2) is 0 Å². The van der Waals surface area contributed by atoms with Crippen LogP contribution in [-0.4, -0.2) is 9.97 Å². The Balaban J connectivity index is 3.01. The largest absolute Gasteiger partial charge is 0.473 e. The van der Waals surface area contributed by atoms with Gasteiger partial charge in [0.25, 0.3) is 0 Å². The standard InChI is InChI=1S/C14H14N2O/c1-2-4-8-12-17-13-9-5-7-11-16-14-15-10-6-3-1/h1-14H. The van der Waals surface area contributed by atoms with Crippen LogP contribution < -0.4 is 0 Å². The van der Waals surface area contributed by atoms with Crippen LogP contribution in [0.1, 0.15) is 0 Å². The van der Waals surface area contributed by atoms with E-state index < -0.39 is 0 Å². The Hall–Kier alpha value is -2.42. The lowest BCUT2D eigenvalue weighted by molar-refractivity contribution is 0.554. The quantitative estimate of drug-likeness (QED) is 0.680. The third-order valence-electron chi connectivity index (χ3n) is 1.57. The number of nitrogens with zero attached hydrogens (tertiary/aromatic N) is 2. The third-order valence-corrected chi connectivity index (χ3v) is 1.57. The summed E-state index contributed by atoms with van der Waals surface area (Å²) in [6.45, 7) is 0. The lowest BCUT2D eigenvalue weighted by Crippen LogP contribution is -1.61. The van der Waals surface area contributed by atoms with Crippen LogP contribution in [0.2, 0.25) is 0 Å². The van der Waals surface area contributed by atoms with E-state index in [2.05, 4.69) is 9.97 Å². The minimum Gasteiger partial charge on any atom is -0.473 e. The van der Waals surface area contributed by atoms with Gasteiger partial charge in [-0.05, 0) is 24.3 Å². The van der Waals surface area contributed by atoms with E-state index in [-0.39, 0.29) is 0 Å². The zero-order valence-corrected chi connectivity index (χ0v) is 9.39. The van der Waals surface area contributed by atoms with Crippen LogP contribution >= 0.6 is 0 Å². The molecule has 1 aromatic heterocycles. The summed E-state index contributed by atoms with van der Waals surface area (Å²) in [7, 11) is 0. The van der Waals surface area contributed by atoms with E-state index >= 15 is 0 Å². The van der Waals surface area contributed by atoms with Crippen molar-refractivity contribution in [2.75, 3.05) is 0 Å². The minimum atomic E-state index is 1.48. The zero-order chi connectivity index (χ0) is 12.0. The number of hydrogen-bond acceptors (Lipinski definition) is 3. The smallest absolute Gasteiger partial charge is 0.115 e. The van der Waals surface area contributed by atoms with Crippen LogP contribution in [-0.2, 0) is 0 Å². The first-order valence-electron chi connectivity index (χ1n) is 5.17. The van der Waals surface area contributed by atoms with Gasteiger partial charge in [-0.25, -0.2) is 9.97 Å². The lowest BCUT2D eigenvalue weighted by Gasteiger charge is -1.69. The van der Waals surface area contributed by atoms with E-state index in [9.17, 15) is 0 Å². The molecule has 0 N–H and O–H groups in total. The van der Waals surface area contributed by atoms with Crippen molar-refractivity contribution in [1.82, 2.24) is 9.97 Å². The molecule has 0 aliphatic heterocycles. The summed E-state index contributed by atoms with van der Waals surface area (Å²) in [6.07, 6.45) is 7.97. The monoisotopic (exact) mass is 226 g/mol. The molecule has 0 saturated heterocycles. The number of hydrogen-bond donors (Lipinski definition) is 0. The predicted molar refractivity (Wildman–Crippen MR) is 67.2 cm³/mol. The fourth-order valence-corrected chi connectivity index (χ4v) is 0.862. The Bertz CT molecular complexity index is 285. The first kappa shape index (κ1) is 12.6. The van der Waals surface area contributed by atoms with Crippen molar-refractivity contribution in [3.05, 3.63) is 85.8 Å². The molecule has 0 atom stereocenters. The molecule has 1 heterocycles. The van der Waals surface area contributed by atoms with Crippen LogP contribution in [0.15, 0.2) is 90.3 Å². The van der Waals surface area contributed by atoms with Gasteiger partial charge in [-0.1, -0.05) is 30.3 Å². The molecule has 0 radical (unpaired) electrons. The summed E-state index contributed by atoms with van der Waals surface area (Å²) in [5, 5.41) is 0. The molecular formula is C14H14N2O. The van der Waals surface area contributed by atoms with Gasteiger partial charge in [0, 0.05) is 12.4 Å². The maximum atomic E-state index is 5.09. The van der Waals surface area contributed by atoms with Crippen molar-refractivity contribution in [2.45, 2.75) is 0 Å². The fourth-order valence-electron chi connectivity index (χ4n) is 0.862. The highest BCUT2D eigenvalue weighted by atomic mass is 16.3. The van der Waals surface area contributed by atoms with Gasteiger partial charge in [0.2, 0.25) is 0 Å². The first-order valence-corrected chi connectivity index (χ1v) is 5.17. The van der Waals surface area contributed by atoms with E-state index in [0.29, 0.717) is 0 Å². The van der Waals surface area contributed by atoms with Crippen LogP contribution in [0.4, 0.5) is 0 Å². The van der Waals surface area contributed by atoms with Crippen LogP contribution in [0.3, 0.4) is 0 Å². The molecule has 0 aliphatic rings. The zero-order valence-electron chi connectivity index (χ0n) is 9.39. The predicted octanol–water partition coefficient (Wildman–Crippen LogP) is 3.44. The Labute approximate surface area is 101 Å². The van der Waals surface area contributed by atoms with Crippen molar-refractivity contribution in [2.24, 2.45) is 0 Å². The lowest BCUT2D eigenvalue weighted by atomic mass is 10.5. The summed E-state index contributed by atoms with van der Waals surface area (Å²) in [5.41, 5.74) is 0. The molecule has 3 nitrogen and oxygen atoms in total. The van der Waals surface area contributed by atoms with Gasteiger partial charge in [-0.2, -0.15) is 0 Å². The van der Waals surface area contributed by atoms with E-state index in [1.54, 1.807) is 43.1 Å². The molecule has 17 heavy (non-hydrogen) atoms. The average Bonchev–Trinajstić information content (AvgIpc) is 2.35. The second-order valence-corrected chi connectivity index (χ2v) is 2.85. The number of rotatable bonds is 0. The summed E-state index contributed by atoms with van der Waals surface area (Å²) in [5.74, 6) is 0. The van der Waals surface area contributed by atoms with Gasteiger partial charge in [0.05, 0.1) is 12.5 Å². The van der Waals surface area contributed by atoms with E-state index in [4.69, 9.17) is 4.42 Å². The molecule has 0 aliphatic carbocycles. The second-order valence-electron chi connectivity index (χ2n) is 2.85. The maximum Gasteiger partial charge on any atom is 0.115 e. The van der Waals surface area contributed by atoms with Crippen LogP contribution in [0.5, 0.6) is 0 Å². The molecule has 0 aromatic carbocycles. The summed E-state index contributed by atoms with van der Waals surface area (Å²) in [6, 6.07) is 16.6. The molecule has 0 amide bonds. The topological polar surface area (TPSA) is 38.9 Å². The summed E-state index contributed by atoms with van der Waals surface area (Å²) >= 11 is 0. The van der Waals surface area contributed by atoms with E-state index in [1.165, 1.54) is 6.33 Å². The average molecular weight is 226 g/mol. The molecule has 86 valence electrons. The van der Waals surface area contributed by atoms with Gasteiger partial charge in [-0.15, -0.1) is 0 Å².